The molecular weight excluding hydrogens is 392 g/mol. The summed E-state index contributed by atoms with van der Waals surface area (Å²) in [6, 6.07) is 13.0. The number of rotatable bonds is 9. The summed E-state index contributed by atoms with van der Waals surface area (Å²) < 4.78 is 16.5. The molecule has 1 N–H and O–H groups in total. The molecule has 0 saturated heterocycles. The number of nitrogens with zero attached hydrogens (tertiary/aromatic N) is 1. The second kappa shape index (κ2) is 10.1. The number of oxazole rings is 1. The molecule has 0 aliphatic rings. The molecule has 0 saturated carbocycles. The Morgan fingerprint density at radius 2 is 1.97 bits per heavy atom. The van der Waals surface area contributed by atoms with Crippen LogP contribution in [0.15, 0.2) is 53.1 Å². The van der Waals surface area contributed by atoms with Crippen LogP contribution < -0.4 is 10.1 Å². The molecule has 1 heterocycles. The standard InChI is InChI=1S/C22H23ClN2O4/c1-15-3-8-18(19(13-15)28-12-11-27-2)25-21(26)9-10-22-24-14-20(29-22)16-4-6-17(23)7-5-16/h3-8,13-14H,9-12H2,1-2H3,(H,25,26). The van der Waals surface area contributed by atoms with Gasteiger partial charge in [-0.2, -0.15) is 0 Å². The van der Waals surface area contributed by atoms with Crippen molar-refractivity contribution >= 4 is 23.2 Å². The molecule has 0 spiro atoms. The summed E-state index contributed by atoms with van der Waals surface area (Å²) in [5.41, 5.74) is 2.56. The maximum Gasteiger partial charge on any atom is 0.224 e. The summed E-state index contributed by atoms with van der Waals surface area (Å²) in [7, 11) is 1.61. The van der Waals surface area contributed by atoms with Crippen LogP contribution in [-0.2, 0) is 16.0 Å². The number of aromatic nitrogens is 1. The van der Waals surface area contributed by atoms with Gasteiger partial charge in [-0.15, -0.1) is 0 Å². The van der Waals surface area contributed by atoms with Crippen LogP contribution in [0.1, 0.15) is 17.9 Å². The zero-order chi connectivity index (χ0) is 20.6. The van der Waals surface area contributed by atoms with E-state index in [9.17, 15) is 4.79 Å². The van der Waals surface area contributed by atoms with Crippen molar-refractivity contribution in [1.82, 2.24) is 4.98 Å². The minimum absolute atomic E-state index is 0.142. The highest BCUT2D eigenvalue weighted by Gasteiger charge is 2.12. The highest BCUT2D eigenvalue weighted by atomic mass is 35.5. The third kappa shape index (κ3) is 6.07. The van der Waals surface area contributed by atoms with Gasteiger partial charge in [0.15, 0.2) is 11.7 Å². The quantitative estimate of drug-likeness (QED) is 0.504. The number of hydrogen-bond acceptors (Lipinski definition) is 5. The van der Waals surface area contributed by atoms with Gasteiger partial charge in [0.25, 0.3) is 0 Å². The molecule has 6 nitrogen and oxygen atoms in total. The van der Waals surface area contributed by atoms with Gasteiger partial charge in [0.2, 0.25) is 5.91 Å². The van der Waals surface area contributed by atoms with Crippen molar-refractivity contribution in [3.63, 3.8) is 0 Å². The summed E-state index contributed by atoms with van der Waals surface area (Å²) in [6.45, 7) is 2.85. The van der Waals surface area contributed by atoms with E-state index in [2.05, 4.69) is 10.3 Å². The molecule has 3 rings (SSSR count). The highest BCUT2D eigenvalue weighted by molar-refractivity contribution is 6.30. The van der Waals surface area contributed by atoms with Gasteiger partial charge in [0, 0.05) is 30.5 Å². The van der Waals surface area contributed by atoms with Crippen LogP contribution in [0.25, 0.3) is 11.3 Å². The summed E-state index contributed by atoms with van der Waals surface area (Å²) in [5.74, 6) is 1.63. The number of ether oxygens (including phenoxy) is 2. The number of anilines is 1. The van der Waals surface area contributed by atoms with Crippen molar-refractivity contribution in [2.75, 3.05) is 25.6 Å². The minimum atomic E-state index is -0.142. The van der Waals surface area contributed by atoms with Crippen molar-refractivity contribution in [3.8, 4) is 17.1 Å². The van der Waals surface area contributed by atoms with Gasteiger partial charge in [-0.3, -0.25) is 4.79 Å². The second-order valence-corrected chi connectivity index (χ2v) is 6.95. The van der Waals surface area contributed by atoms with Crippen molar-refractivity contribution in [2.45, 2.75) is 19.8 Å². The van der Waals surface area contributed by atoms with E-state index >= 15 is 0 Å². The summed E-state index contributed by atoms with van der Waals surface area (Å²) in [6.07, 6.45) is 2.29. The van der Waals surface area contributed by atoms with Crippen LogP contribution in [0.4, 0.5) is 5.69 Å². The normalized spacial score (nSPS) is 10.7. The summed E-state index contributed by atoms with van der Waals surface area (Å²) >= 11 is 5.90. The minimum Gasteiger partial charge on any atom is -0.489 e. The molecule has 0 fully saturated rings. The molecule has 152 valence electrons. The smallest absolute Gasteiger partial charge is 0.224 e. The summed E-state index contributed by atoms with van der Waals surface area (Å²) in [4.78, 5) is 16.6. The molecule has 1 aromatic heterocycles. The number of carbonyl (C=O) groups excluding carboxylic acids is 1. The summed E-state index contributed by atoms with van der Waals surface area (Å²) in [5, 5.41) is 3.55. The lowest BCUT2D eigenvalue weighted by Gasteiger charge is -2.13. The van der Waals surface area contributed by atoms with Crippen LogP contribution in [0.3, 0.4) is 0 Å². The molecule has 0 radical (unpaired) electrons. The zero-order valence-electron chi connectivity index (χ0n) is 16.4. The Morgan fingerprint density at radius 1 is 1.17 bits per heavy atom. The third-order valence-electron chi connectivity index (χ3n) is 4.20. The molecular formula is C22H23ClN2O4. The van der Waals surface area contributed by atoms with Gasteiger partial charge in [-0.25, -0.2) is 4.98 Å². The molecule has 29 heavy (non-hydrogen) atoms. The van der Waals surface area contributed by atoms with Crippen LogP contribution in [0, 0.1) is 6.92 Å². The van der Waals surface area contributed by atoms with E-state index in [1.54, 1.807) is 25.4 Å². The average molecular weight is 415 g/mol. The first-order valence-corrected chi connectivity index (χ1v) is 9.66. The molecule has 7 heteroatoms. The number of nitrogens with one attached hydrogen (secondary N) is 1. The third-order valence-corrected chi connectivity index (χ3v) is 4.46. The van der Waals surface area contributed by atoms with Crippen molar-refractivity contribution in [1.29, 1.82) is 0 Å². The fourth-order valence-electron chi connectivity index (χ4n) is 2.69. The molecule has 2 aromatic carbocycles. The maximum atomic E-state index is 12.4. The Labute approximate surface area is 174 Å². The van der Waals surface area contributed by atoms with Crippen LogP contribution in [0.2, 0.25) is 5.02 Å². The average Bonchev–Trinajstić information content (AvgIpc) is 3.18. The highest BCUT2D eigenvalue weighted by Crippen LogP contribution is 2.26. The van der Waals surface area contributed by atoms with Crippen LogP contribution >= 0.6 is 11.6 Å². The van der Waals surface area contributed by atoms with Crippen LogP contribution in [-0.4, -0.2) is 31.2 Å². The Balaban J connectivity index is 1.57. The van der Waals surface area contributed by atoms with Gasteiger partial charge in [0.1, 0.15) is 12.4 Å². The number of carbonyl (C=O) groups is 1. The topological polar surface area (TPSA) is 73.6 Å². The Hall–Kier alpha value is -2.83. The van der Waals surface area contributed by atoms with E-state index in [-0.39, 0.29) is 12.3 Å². The number of benzene rings is 2. The molecule has 0 aliphatic carbocycles. The largest absolute Gasteiger partial charge is 0.489 e. The van der Waals surface area contributed by atoms with Crippen LogP contribution in [0.5, 0.6) is 5.75 Å². The molecule has 1 amide bonds. The monoisotopic (exact) mass is 414 g/mol. The Morgan fingerprint density at radius 3 is 2.72 bits per heavy atom. The maximum absolute atomic E-state index is 12.4. The van der Waals surface area contributed by atoms with Gasteiger partial charge < -0.3 is 19.2 Å². The van der Waals surface area contributed by atoms with Crippen molar-refractivity contribution in [2.24, 2.45) is 0 Å². The van der Waals surface area contributed by atoms with Gasteiger partial charge in [-0.1, -0.05) is 17.7 Å². The second-order valence-electron chi connectivity index (χ2n) is 6.51. The Kier molecular flexibility index (Phi) is 7.27. The van der Waals surface area contributed by atoms with E-state index in [4.69, 9.17) is 25.5 Å². The fraction of sp³-hybridized carbons (Fsp3) is 0.273. The van der Waals surface area contributed by atoms with Gasteiger partial charge in [0.05, 0.1) is 18.5 Å². The number of methoxy groups -OCH3 is 1. The fourth-order valence-corrected chi connectivity index (χ4v) is 2.82. The number of hydrogen-bond donors (Lipinski definition) is 1. The lowest BCUT2D eigenvalue weighted by atomic mass is 10.2. The molecule has 3 aromatic rings. The van der Waals surface area contributed by atoms with E-state index in [1.165, 1.54) is 0 Å². The van der Waals surface area contributed by atoms with Crippen molar-refractivity contribution < 1.29 is 18.7 Å². The van der Waals surface area contributed by atoms with E-state index < -0.39 is 0 Å². The predicted molar refractivity (Wildman–Crippen MR) is 112 cm³/mol. The van der Waals surface area contributed by atoms with Gasteiger partial charge in [-0.05, 0) is 48.9 Å². The number of aryl methyl sites for hydroxylation is 2. The van der Waals surface area contributed by atoms with Gasteiger partial charge >= 0.3 is 0 Å². The lowest BCUT2D eigenvalue weighted by Crippen LogP contribution is -2.14. The SMILES string of the molecule is COCCOc1cc(C)ccc1NC(=O)CCc1ncc(-c2ccc(Cl)cc2)o1. The van der Waals surface area contributed by atoms with E-state index in [0.29, 0.717) is 47.7 Å². The molecule has 0 aliphatic heterocycles. The first-order valence-electron chi connectivity index (χ1n) is 9.28. The number of amides is 1. The van der Waals surface area contributed by atoms with E-state index in [0.717, 1.165) is 11.1 Å². The molecule has 0 atom stereocenters. The Bertz CT molecular complexity index is 954. The predicted octanol–water partition coefficient (Wildman–Crippen LogP) is 4.90. The first-order chi connectivity index (χ1) is 14.0. The molecule has 0 bridgehead atoms. The zero-order valence-corrected chi connectivity index (χ0v) is 17.2. The van der Waals surface area contributed by atoms with Crippen molar-refractivity contribution in [3.05, 3.63) is 65.1 Å². The first kappa shape index (κ1) is 20.9. The number of halogens is 1. The lowest BCUT2D eigenvalue weighted by molar-refractivity contribution is -0.116. The molecule has 0 unspecified atom stereocenters. The van der Waals surface area contributed by atoms with E-state index in [1.807, 2.05) is 37.3 Å².